The van der Waals surface area contributed by atoms with Gasteiger partial charge in [0, 0.05) is 44.5 Å². The average molecular weight is 343 g/mol. The van der Waals surface area contributed by atoms with Crippen molar-refractivity contribution in [3.63, 3.8) is 0 Å². The summed E-state index contributed by atoms with van der Waals surface area (Å²) in [4.78, 5) is 21.4. The molecule has 2 aliphatic rings. The number of piperazine rings is 1. The number of aromatic nitrogens is 3. The van der Waals surface area contributed by atoms with Gasteiger partial charge in [0.1, 0.15) is 5.82 Å². The maximum Gasteiger partial charge on any atom is 0.257 e. The molecule has 0 aliphatic carbocycles. The van der Waals surface area contributed by atoms with E-state index in [1.54, 1.807) is 6.07 Å². The number of carbonyl (C=O) groups is 1. The first-order valence-corrected chi connectivity index (χ1v) is 8.74. The summed E-state index contributed by atoms with van der Waals surface area (Å²) in [5, 5.41) is 4.38. The van der Waals surface area contributed by atoms with Gasteiger partial charge in [-0.3, -0.25) is 19.4 Å². The van der Waals surface area contributed by atoms with Crippen molar-refractivity contribution in [2.75, 3.05) is 13.1 Å². The Labute approximate surface area is 146 Å². The molecule has 4 rings (SSSR count). The highest BCUT2D eigenvalue weighted by Crippen LogP contribution is 2.33. The number of hydrogen-bond acceptors (Lipinski definition) is 4. The van der Waals surface area contributed by atoms with Crippen molar-refractivity contribution in [1.29, 1.82) is 0 Å². The summed E-state index contributed by atoms with van der Waals surface area (Å²) in [5.74, 6) is -0.226. The Morgan fingerprint density at radius 2 is 2.16 bits per heavy atom. The summed E-state index contributed by atoms with van der Waals surface area (Å²) in [7, 11) is 0. The van der Waals surface area contributed by atoms with Gasteiger partial charge in [-0.05, 0) is 32.4 Å². The van der Waals surface area contributed by atoms with Gasteiger partial charge in [0.15, 0.2) is 0 Å². The van der Waals surface area contributed by atoms with Gasteiger partial charge >= 0.3 is 0 Å². The molecule has 1 amide bonds. The molecule has 2 aliphatic heterocycles. The fourth-order valence-corrected chi connectivity index (χ4v) is 3.94. The van der Waals surface area contributed by atoms with E-state index in [-0.39, 0.29) is 17.8 Å². The minimum atomic E-state index is -0.313. The van der Waals surface area contributed by atoms with E-state index in [0.717, 1.165) is 37.4 Å². The van der Waals surface area contributed by atoms with Crippen LogP contribution in [0.3, 0.4) is 0 Å². The number of rotatable bonds is 4. The minimum absolute atomic E-state index is 0.0873. The quantitative estimate of drug-likeness (QED) is 0.850. The first-order chi connectivity index (χ1) is 12.0. The Balaban J connectivity index is 1.43. The maximum atomic E-state index is 13.0. The molecule has 2 bridgehead atoms. The van der Waals surface area contributed by atoms with Crippen LogP contribution in [0, 0.1) is 12.7 Å². The first kappa shape index (κ1) is 16.2. The van der Waals surface area contributed by atoms with Crippen molar-refractivity contribution in [3.8, 4) is 0 Å². The lowest BCUT2D eigenvalue weighted by molar-refractivity contribution is 0.0614. The smallest absolute Gasteiger partial charge is 0.257 e. The summed E-state index contributed by atoms with van der Waals surface area (Å²) in [6.45, 7) is 6.95. The van der Waals surface area contributed by atoms with Gasteiger partial charge in [0.2, 0.25) is 0 Å². The van der Waals surface area contributed by atoms with Gasteiger partial charge < -0.3 is 4.90 Å². The molecule has 0 saturated carbocycles. The lowest BCUT2D eigenvalue weighted by Crippen LogP contribution is -2.48. The molecule has 2 fully saturated rings. The number of aryl methyl sites for hydroxylation is 2. The van der Waals surface area contributed by atoms with Crippen LogP contribution in [-0.4, -0.2) is 55.6 Å². The van der Waals surface area contributed by atoms with Crippen LogP contribution in [0.1, 0.15) is 35.1 Å². The zero-order valence-electron chi connectivity index (χ0n) is 14.5. The average Bonchev–Trinajstić information content (AvgIpc) is 3.30. The van der Waals surface area contributed by atoms with E-state index in [9.17, 15) is 9.18 Å². The molecule has 0 N–H and O–H groups in total. The molecule has 6 nitrogen and oxygen atoms in total. The summed E-state index contributed by atoms with van der Waals surface area (Å²) in [5.41, 5.74) is 2.37. The third-order valence-electron chi connectivity index (χ3n) is 5.27. The molecule has 0 radical (unpaired) electrons. The van der Waals surface area contributed by atoms with Gasteiger partial charge in [-0.15, -0.1) is 0 Å². The van der Waals surface area contributed by atoms with Crippen molar-refractivity contribution in [2.24, 2.45) is 0 Å². The SMILES string of the molecule is CCn1cc(C(=O)N2C[C@@H]3C[C@H]2CN3Cc2ccc(F)cn2)c(C)n1. The highest BCUT2D eigenvalue weighted by Gasteiger charge is 2.45. The van der Waals surface area contributed by atoms with E-state index in [0.29, 0.717) is 18.2 Å². The molecule has 0 aromatic carbocycles. The van der Waals surface area contributed by atoms with Crippen molar-refractivity contribution in [1.82, 2.24) is 24.6 Å². The molecule has 0 spiro atoms. The highest BCUT2D eigenvalue weighted by molar-refractivity contribution is 5.95. The molecule has 25 heavy (non-hydrogen) atoms. The summed E-state index contributed by atoms with van der Waals surface area (Å²) >= 11 is 0. The minimum Gasteiger partial charge on any atom is -0.333 e. The van der Waals surface area contributed by atoms with Crippen LogP contribution in [0.4, 0.5) is 4.39 Å². The van der Waals surface area contributed by atoms with E-state index < -0.39 is 0 Å². The van der Waals surface area contributed by atoms with Crippen LogP contribution in [0.2, 0.25) is 0 Å². The van der Waals surface area contributed by atoms with Crippen LogP contribution in [0.25, 0.3) is 0 Å². The lowest BCUT2D eigenvalue weighted by Gasteiger charge is -2.34. The third kappa shape index (κ3) is 2.93. The Hall–Kier alpha value is -2.28. The number of carbonyl (C=O) groups excluding carboxylic acids is 1. The van der Waals surface area contributed by atoms with E-state index in [4.69, 9.17) is 0 Å². The summed E-state index contributed by atoms with van der Waals surface area (Å²) < 4.78 is 14.8. The van der Waals surface area contributed by atoms with E-state index in [1.807, 2.05) is 29.6 Å². The zero-order valence-corrected chi connectivity index (χ0v) is 14.5. The normalized spacial score (nSPS) is 22.8. The van der Waals surface area contributed by atoms with Gasteiger partial charge in [-0.1, -0.05) is 0 Å². The second-order valence-electron chi connectivity index (χ2n) is 6.88. The molecule has 2 atom stereocenters. The molecule has 2 aromatic heterocycles. The Morgan fingerprint density at radius 3 is 2.76 bits per heavy atom. The largest absolute Gasteiger partial charge is 0.333 e. The number of pyridine rings is 1. The number of fused-ring (bicyclic) bond motifs is 2. The van der Waals surface area contributed by atoms with Crippen molar-refractivity contribution in [3.05, 3.63) is 47.3 Å². The molecule has 0 unspecified atom stereocenters. The Kier molecular flexibility index (Phi) is 4.03. The molecule has 2 aromatic rings. The first-order valence-electron chi connectivity index (χ1n) is 8.74. The molecule has 2 saturated heterocycles. The predicted molar refractivity (Wildman–Crippen MR) is 90.5 cm³/mol. The van der Waals surface area contributed by atoms with Crippen LogP contribution >= 0.6 is 0 Å². The standard InChI is InChI=1S/C18H22FN5O/c1-3-23-11-17(12(2)21-23)18(25)24-10-15-6-16(24)9-22(15)8-14-5-4-13(19)7-20-14/h4-5,7,11,15-16H,3,6,8-10H2,1-2H3/t15-,16-/m0/s1. The number of nitrogens with zero attached hydrogens (tertiary/aromatic N) is 5. The Morgan fingerprint density at radius 1 is 1.32 bits per heavy atom. The van der Waals surface area contributed by atoms with E-state index in [2.05, 4.69) is 15.0 Å². The van der Waals surface area contributed by atoms with Crippen molar-refractivity contribution in [2.45, 2.75) is 45.4 Å². The monoisotopic (exact) mass is 343 g/mol. The number of halogens is 1. The fourth-order valence-electron chi connectivity index (χ4n) is 3.94. The molecule has 4 heterocycles. The fraction of sp³-hybridized carbons (Fsp3) is 0.500. The maximum absolute atomic E-state index is 13.0. The predicted octanol–water partition coefficient (Wildman–Crippen LogP) is 1.84. The number of hydrogen-bond donors (Lipinski definition) is 0. The summed E-state index contributed by atoms with van der Waals surface area (Å²) in [6, 6.07) is 3.76. The highest BCUT2D eigenvalue weighted by atomic mass is 19.1. The molecule has 7 heteroatoms. The van der Waals surface area contributed by atoms with Gasteiger partial charge in [-0.25, -0.2) is 4.39 Å². The van der Waals surface area contributed by atoms with Gasteiger partial charge in [0.25, 0.3) is 5.91 Å². The molecule has 132 valence electrons. The van der Waals surface area contributed by atoms with Crippen LogP contribution in [0.5, 0.6) is 0 Å². The molecular formula is C18H22FN5O. The van der Waals surface area contributed by atoms with Gasteiger partial charge in [-0.2, -0.15) is 5.10 Å². The summed E-state index contributed by atoms with van der Waals surface area (Å²) in [6.07, 6.45) is 4.10. The second-order valence-corrected chi connectivity index (χ2v) is 6.88. The number of amides is 1. The van der Waals surface area contributed by atoms with E-state index >= 15 is 0 Å². The van der Waals surface area contributed by atoms with Crippen LogP contribution in [0.15, 0.2) is 24.5 Å². The van der Waals surface area contributed by atoms with Crippen LogP contribution in [-0.2, 0) is 13.1 Å². The Bertz CT molecular complexity index is 787. The van der Waals surface area contributed by atoms with Crippen LogP contribution < -0.4 is 0 Å². The van der Waals surface area contributed by atoms with Crippen molar-refractivity contribution < 1.29 is 9.18 Å². The number of likely N-dealkylation sites (tertiary alicyclic amines) is 2. The molecular weight excluding hydrogens is 321 g/mol. The van der Waals surface area contributed by atoms with E-state index in [1.165, 1.54) is 12.3 Å². The zero-order chi connectivity index (χ0) is 17.6. The van der Waals surface area contributed by atoms with Gasteiger partial charge in [0.05, 0.1) is 23.1 Å². The third-order valence-corrected chi connectivity index (χ3v) is 5.27. The lowest BCUT2D eigenvalue weighted by atomic mass is 10.2. The van der Waals surface area contributed by atoms with Crippen molar-refractivity contribution >= 4 is 5.91 Å². The topological polar surface area (TPSA) is 54.3 Å². The second kappa shape index (κ2) is 6.22.